The number of aliphatic imine (C=N–C) groups is 1. The SMILES string of the molecule is CC(=O)c1cccc(N2C(SCc3ccc(F)cc3Cl)=N[C@H]3CS(=O)(=O)C[C@@H]32)c1. The number of halogens is 2. The zero-order chi connectivity index (χ0) is 20.8. The Bertz CT molecular complexity index is 1120. The van der Waals surface area contributed by atoms with Gasteiger partial charge in [0.1, 0.15) is 5.82 Å². The van der Waals surface area contributed by atoms with Crippen LogP contribution in [0.2, 0.25) is 5.02 Å². The van der Waals surface area contributed by atoms with Crippen molar-refractivity contribution in [3.05, 3.63) is 64.4 Å². The van der Waals surface area contributed by atoms with E-state index in [0.717, 1.165) is 11.3 Å². The summed E-state index contributed by atoms with van der Waals surface area (Å²) in [5, 5.41) is 1.01. The first-order valence-corrected chi connectivity index (χ1v) is 12.2. The van der Waals surface area contributed by atoms with Gasteiger partial charge in [-0.3, -0.25) is 9.79 Å². The van der Waals surface area contributed by atoms with Crippen molar-refractivity contribution in [2.45, 2.75) is 24.8 Å². The lowest BCUT2D eigenvalue weighted by Gasteiger charge is -2.27. The second kappa shape index (κ2) is 7.74. The van der Waals surface area contributed by atoms with E-state index in [1.54, 1.807) is 24.3 Å². The molecular formula is C20H18ClFN2O3S2. The number of amidine groups is 1. The number of anilines is 1. The Morgan fingerprint density at radius 1 is 1.28 bits per heavy atom. The molecule has 9 heteroatoms. The number of fused-ring (bicyclic) bond motifs is 1. The van der Waals surface area contributed by atoms with Crippen LogP contribution in [0.25, 0.3) is 0 Å². The van der Waals surface area contributed by atoms with Gasteiger partial charge in [0.2, 0.25) is 0 Å². The molecule has 0 saturated carbocycles. The van der Waals surface area contributed by atoms with Crippen molar-refractivity contribution in [3.63, 3.8) is 0 Å². The minimum absolute atomic E-state index is 0.0158. The molecule has 0 N–H and O–H groups in total. The van der Waals surface area contributed by atoms with E-state index in [2.05, 4.69) is 4.99 Å². The molecule has 1 fully saturated rings. The monoisotopic (exact) mass is 452 g/mol. The van der Waals surface area contributed by atoms with E-state index in [4.69, 9.17) is 11.6 Å². The highest BCUT2D eigenvalue weighted by molar-refractivity contribution is 8.13. The number of rotatable bonds is 4. The van der Waals surface area contributed by atoms with Crippen molar-refractivity contribution in [1.29, 1.82) is 0 Å². The summed E-state index contributed by atoms with van der Waals surface area (Å²) in [6.07, 6.45) is 0. The average molecular weight is 453 g/mol. The van der Waals surface area contributed by atoms with E-state index in [1.807, 2.05) is 11.0 Å². The molecule has 2 atom stereocenters. The highest BCUT2D eigenvalue weighted by Gasteiger charge is 2.47. The summed E-state index contributed by atoms with van der Waals surface area (Å²) < 4.78 is 37.6. The van der Waals surface area contributed by atoms with Crippen LogP contribution in [0.4, 0.5) is 10.1 Å². The fraction of sp³-hybridized carbons (Fsp3) is 0.300. The topological polar surface area (TPSA) is 66.8 Å². The Morgan fingerprint density at radius 2 is 2.07 bits per heavy atom. The van der Waals surface area contributed by atoms with Gasteiger partial charge in [0.25, 0.3) is 0 Å². The van der Waals surface area contributed by atoms with E-state index in [9.17, 15) is 17.6 Å². The van der Waals surface area contributed by atoms with Gasteiger partial charge in [-0.05, 0) is 36.8 Å². The van der Waals surface area contributed by atoms with Gasteiger partial charge in [0, 0.05) is 22.0 Å². The summed E-state index contributed by atoms with van der Waals surface area (Å²) in [5.74, 6) is 0.0390. The van der Waals surface area contributed by atoms with Gasteiger partial charge in [-0.1, -0.05) is 41.6 Å². The van der Waals surface area contributed by atoms with Gasteiger partial charge >= 0.3 is 0 Å². The van der Waals surface area contributed by atoms with Crippen LogP contribution in [0.1, 0.15) is 22.8 Å². The van der Waals surface area contributed by atoms with E-state index in [0.29, 0.717) is 21.5 Å². The zero-order valence-electron chi connectivity index (χ0n) is 15.5. The van der Waals surface area contributed by atoms with Gasteiger partial charge in [0.15, 0.2) is 20.8 Å². The summed E-state index contributed by atoms with van der Waals surface area (Å²) in [4.78, 5) is 18.4. The van der Waals surface area contributed by atoms with Gasteiger partial charge in [-0.15, -0.1) is 0 Å². The van der Waals surface area contributed by atoms with E-state index in [-0.39, 0.29) is 29.4 Å². The van der Waals surface area contributed by atoms with Gasteiger partial charge in [-0.2, -0.15) is 0 Å². The first-order valence-electron chi connectivity index (χ1n) is 8.99. The highest BCUT2D eigenvalue weighted by Crippen LogP contribution is 2.36. The number of hydrogen-bond acceptors (Lipinski definition) is 6. The first-order chi connectivity index (χ1) is 13.7. The summed E-state index contributed by atoms with van der Waals surface area (Å²) in [7, 11) is -3.16. The van der Waals surface area contributed by atoms with Crippen LogP contribution in [-0.4, -0.2) is 43.0 Å². The molecular weight excluding hydrogens is 435 g/mol. The Kier molecular flexibility index (Phi) is 5.44. The Labute approximate surface area is 177 Å². The number of ketones is 1. The predicted octanol–water partition coefficient (Wildman–Crippen LogP) is 3.96. The number of carbonyl (C=O) groups excluding carboxylic acids is 1. The van der Waals surface area contributed by atoms with Gasteiger partial charge in [0.05, 0.1) is 23.6 Å². The second-order valence-electron chi connectivity index (χ2n) is 7.12. The summed E-state index contributed by atoms with van der Waals surface area (Å²) in [6, 6.07) is 10.7. The molecule has 2 aliphatic rings. The molecule has 29 heavy (non-hydrogen) atoms. The maximum atomic E-state index is 13.3. The standard InChI is InChI=1S/C20H18ClFN2O3S2/c1-12(25)13-3-2-4-16(7-13)24-19-11-29(26,27)10-18(19)23-20(24)28-9-14-5-6-15(22)8-17(14)21/h2-8,18-19H,9-11H2,1H3/t18-,19-/m0/s1. The van der Waals surface area contributed by atoms with E-state index < -0.39 is 15.7 Å². The molecule has 2 aromatic rings. The molecule has 152 valence electrons. The number of hydrogen-bond donors (Lipinski definition) is 0. The van der Waals surface area contributed by atoms with E-state index in [1.165, 1.54) is 30.8 Å². The van der Waals surface area contributed by atoms with Crippen LogP contribution >= 0.6 is 23.4 Å². The fourth-order valence-electron chi connectivity index (χ4n) is 3.59. The van der Waals surface area contributed by atoms with Crippen molar-refractivity contribution >= 4 is 49.8 Å². The number of nitrogens with zero attached hydrogens (tertiary/aromatic N) is 2. The molecule has 0 radical (unpaired) electrons. The molecule has 5 nitrogen and oxygen atoms in total. The zero-order valence-corrected chi connectivity index (χ0v) is 17.9. The summed E-state index contributed by atoms with van der Waals surface area (Å²) in [6.45, 7) is 1.49. The molecule has 0 bridgehead atoms. The average Bonchev–Trinajstić information content (AvgIpc) is 3.12. The molecule has 0 amide bonds. The minimum atomic E-state index is -3.16. The quantitative estimate of drug-likeness (QED) is 0.657. The molecule has 0 aromatic heterocycles. The third kappa shape index (κ3) is 4.20. The Balaban J connectivity index is 1.65. The summed E-state index contributed by atoms with van der Waals surface area (Å²) in [5.41, 5.74) is 2.05. The normalized spacial score (nSPS) is 22.4. The molecule has 0 aliphatic carbocycles. The molecule has 1 saturated heterocycles. The van der Waals surface area contributed by atoms with Gasteiger partial charge in [-0.25, -0.2) is 12.8 Å². The van der Waals surface area contributed by atoms with Crippen LogP contribution in [0.15, 0.2) is 47.5 Å². The summed E-state index contributed by atoms with van der Waals surface area (Å²) >= 11 is 7.55. The van der Waals surface area contributed by atoms with E-state index >= 15 is 0 Å². The van der Waals surface area contributed by atoms with Crippen LogP contribution in [-0.2, 0) is 15.6 Å². The predicted molar refractivity (Wildman–Crippen MR) is 115 cm³/mol. The molecule has 2 aromatic carbocycles. The van der Waals surface area contributed by atoms with Crippen LogP contribution < -0.4 is 4.90 Å². The molecule has 4 rings (SSSR count). The third-order valence-electron chi connectivity index (χ3n) is 5.01. The highest BCUT2D eigenvalue weighted by atomic mass is 35.5. The maximum Gasteiger partial charge on any atom is 0.164 e. The number of thioether (sulfide) groups is 1. The largest absolute Gasteiger partial charge is 0.315 e. The van der Waals surface area contributed by atoms with Crippen LogP contribution in [0.3, 0.4) is 0 Å². The Morgan fingerprint density at radius 3 is 2.79 bits per heavy atom. The lowest BCUT2D eigenvalue weighted by Crippen LogP contribution is -2.39. The number of sulfone groups is 1. The van der Waals surface area contributed by atoms with Crippen LogP contribution in [0.5, 0.6) is 0 Å². The molecule has 2 aliphatic heterocycles. The molecule has 0 unspecified atom stereocenters. The van der Waals surface area contributed by atoms with Crippen molar-refractivity contribution in [2.24, 2.45) is 4.99 Å². The number of Topliss-reactive ketones (excluding diaryl/α,β-unsaturated/α-hetero) is 1. The van der Waals surface area contributed by atoms with Crippen molar-refractivity contribution in [3.8, 4) is 0 Å². The Hall–Kier alpha value is -1.90. The number of carbonyl (C=O) groups is 1. The smallest absolute Gasteiger partial charge is 0.164 e. The second-order valence-corrected chi connectivity index (χ2v) is 10.6. The number of benzene rings is 2. The molecule has 2 heterocycles. The van der Waals surface area contributed by atoms with Crippen LogP contribution in [0, 0.1) is 5.82 Å². The first kappa shape index (κ1) is 20.4. The maximum absolute atomic E-state index is 13.3. The fourth-order valence-corrected chi connectivity index (χ4v) is 6.87. The third-order valence-corrected chi connectivity index (χ3v) is 8.08. The van der Waals surface area contributed by atoms with Gasteiger partial charge < -0.3 is 4.90 Å². The molecule has 0 spiro atoms. The van der Waals surface area contributed by atoms with Crippen molar-refractivity contribution < 1.29 is 17.6 Å². The minimum Gasteiger partial charge on any atom is -0.315 e. The van der Waals surface area contributed by atoms with Crippen molar-refractivity contribution in [1.82, 2.24) is 0 Å². The van der Waals surface area contributed by atoms with Crippen molar-refractivity contribution in [2.75, 3.05) is 16.4 Å². The lowest BCUT2D eigenvalue weighted by molar-refractivity contribution is 0.101. The lowest BCUT2D eigenvalue weighted by atomic mass is 10.1.